The van der Waals surface area contributed by atoms with Crippen LogP contribution in [0.5, 0.6) is 0 Å². The number of hydrogen-bond donors (Lipinski definition) is 1. The predicted octanol–water partition coefficient (Wildman–Crippen LogP) is 4.75. The molecule has 0 spiro atoms. The minimum atomic E-state index is -0.887. The van der Waals surface area contributed by atoms with Crippen molar-refractivity contribution in [2.75, 3.05) is 0 Å². The Kier molecular flexibility index (Phi) is 5.45. The second-order valence-corrected chi connectivity index (χ2v) is 5.89. The Morgan fingerprint density at radius 3 is 2.24 bits per heavy atom. The van der Waals surface area contributed by atoms with Gasteiger partial charge in [-0.1, -0.05) is 35.9 Å². The van der Waals surface area contributed by atoms with Crippen molar-refractivity contribution in [2.45, 2.75) is 10.9 Å². The van der Waals surface area contributed by atoms with Gasteiger partial charge in [0.2, 0.25) is 0 Å². The molecule has 0 radical (unpaired) electrons. The normalized spacial score (nSPS) is 12.2. The largest absolute Gasteiger partial charge is 0.342 e. The molecule has 0 saturated heterocycles. The highest BCUT2D eigenvalue weighted by Crippen LogP contribution is 2.25. The van der Waals surface area contributed by atoms with Gasteiger partial charge in [-0.05, 0) is 29.8 Å². The molecule has 0 heterocycles. The SMILES string of the molecule is O=C(NC(c1ccc(F)cc1)C(Cl)Cl)c1ccccc1Cl. The quantitative estimate of drug-likeness (QED) is 0.795. The molecule has 2 rings (SSSR count). The topological polar surface area (TPSA) is 29.1 Å². The van der Waals surface area contributed by atoms with Gasteiger partial charge in [-0.15, -0.1) is 23.2 Å². The van der Waals surface area contributed by atoms with Crippen molar-refractivity contribution in [3.05, 3.63) is 70.5 Å². The van der Waals surface area contributed by atoms with Gasteiger partial charge < -0.3 is 5.32 Å². The van der Waals surface area contributed by atoms with Crippen molar-refractivity contribution < 1.29 is 9.18 Å². The van der Waals surface area contributed by atoms with Crippen LogP contribution in [-0.4, -0.2) is 10.7 Å². The lowest BCUT2D eigenvalue weighted by Gasteiger charge is -2.20. The number of halogens is 4. The van der Waals surface area contributed by atoms with E-state index in [4.69, 9.17) is 34.8 Å². The average Bonchev–Trinajstić information content (AvgIpc) is 2.46. The molecule has 1 amide bonds. The fraction of sp³-hybridized carbons (Fsp3) is 0.133. The lowest BCUT2D eigenvalue weighted by atomic mass is 10.1. The highest BCUT2D eigenvalue weighted by molar-refractivity contribution is 6.44. The van der Waals surface area contributed by atoms with Gasteiger partial charge in [-0.25, -0.2) is 4.39 Å². The van der Waals surface area contributed by atoms with E-state index in [9.17, 15) is 9.18 Å². The van der Waals surface area contributed by atoms with E-state index in [2.05, 4.69) is 5.32 Å². The van der Waals surface area contributed by atoms with E-state index in [0.717, 1.165) is 0 Å². The van der Waals surface area contributed by atoms with Gasteiger partial charge >= 0.3 is 0 Å². The third kappa shape index (κ3) is 4.10. The molecule has 1 N–H and O–H groups in total. The van der Waals surface area contributed by atoms with Gasteiger partial charge in [-0.2, -0.15) is 0 Å². The van der Waals surface area contributed by atoms with E-state index in [1.165, 1.54) is 24.3 Å². The summed E-state index contributed by atoms with van der Waals surface area (Å²) in [4.78, 5) is 11.3. The number of alkyl halides is 2. The first kappa shape index (κ1) is 16.1. The molecule has 0 saturated carbocycles. The zero-order valence-electron chi connectivity index (χ0n) is 10.7. The highest BCUT2D eigenvalue weighted by Gasteiger charge is 2.23. The van der Waals surface area contributed by atoms with E-state index in [0.29, 0.717) is 16.1 Å². The molecule has 0 aliphatic heterocycles. The van der Waals surface area contributed by atoms with Crippen LogP contribution >= 0.6 is 34.8 Å². The Morgan fingerprint density at radius 2 is 1.67 bits per heavy atom. The molecule has 1 atom stereocenters. The summed E-state index contributed by atoms with van der Waals surface area (Å²) in [6, 6.07) is 11.6. The molecule has 110 valence electrons. The molecular weight excluding hydrogens is 336 g/mol. The van der Waals surface area contributed by atoms with Crippen molar-refractivity contribution in [1.29, 1.82) is 0 Å². The number of rotatable bonds is 4. The molecule has 1 unspecified atom stereocenters. The first-order valence-electron chi connectivity index (χ1n) is 6.08. The number of benzene rings is 2. The van der Waals surface area contributed by atoms with Crippen LogP contribution in [0.1, 0.15) is 22.0 Å². The summed E-state index contributed by atoms with van der Waals surface area (Å²) in [6.07, 6.45) is 0. The van der Waals surface area contributed by atoms with Crippen LogP contribution in [0.15, 0.2) is 48.5 Å². The van der Waals surface area contributed by atoms with Gasteiger partial charge in [0.15, 0.2) is 0 Å². The number of amides is 1. The average molecular weight is 347 g/mol. The molecule has 0 aliphatic carbocycles. The van der Waals surface area contributed by atoms with Crippen molar-refractivity contribution in [3.63, 3.8) is 0 Å². The second-order valence-electron chi connectivity index (χ2n) is 4.32. The Hall–Kier alpha value is -1.29. The lowest BCUT2D eigenvalue weighted by molar-refractivity contribution is 0.0939. The molecule has 0 fully saturated rings. The van der Waals surface area contributed by atoms with E-state index in [1.54, 1.807) is 24.3 Å². The first-order valence-corrected chi connectivity index (χ1v) is 7.33. The standard InChI is InChI=1S/C15H11Cl3FNO/c16-12-4-2-1-3-11(12)15(21)20-13(14(17)18)9-5-7-10(19)8-6-9/h1-8,13-14H,(H,20,21). The van der Waals surface area contributed by atoms with Crippen molar-refractivity contribution in [1.82, 2.24) is 5.32 Å². The van der Waals surface area contributed by atoms with Crippen LogP contribution in [-0.2, 0) is 0 Å². The summed E-state index contributed by atoms with van der Waals surface area (Å²) < 4.78 is 13.0. The minimum absolute atomic E-state index is 0.320. The maximum absolute atomic E-state index is 13.0. The maximum atomic E-state index is 13.0. The second kappa shape index (κ2) is 7.12. The summed E-state index contributed by atoms with van der Waals surface area (Å²) in [5.74, 6) is -0.781. The van der Waals surface area contributed by atoms with E-state index < -0.39 is 16.8 Å². The van der Waals surface area contributed by atoms with Gasteiger partial charge in [0.25, 0.3) is 5.91 Å². The number of hydrogen-bond acceptors (Lipinski definition) is 1. The highest BCUT2D eigenvalue weighted by atomic mass is 35.5. The van der Waals surface area contributed by atoms with Gasteiger partial charge in [0.05, 0.1) is 16.6 Å². The van der Waals surface area contributed by atoms with Crippen LogP contribution in [0, 0.1) is 5.82 Å². The molecule has 0 bridgehead atoms. The number of carbonyl (C=O) groups is 1. The maximum Gasteiger partial charge on any atom is 0.253 e. The fourth-order valence-corrected chi connectivity index (χ4v) is 2.46. The number of carbonyl (C=O) groups excluding carboxylic acids is 1. The molecule has 2 nitrogen and oxygen atoms in total. The van der Waals surface area contributed by atoms with Crippen LogP contribution in [0.4, 0.5) is 4.39 Å². The van der Waals surface area contributed by atoms with Gasteiger partial charge in [0.1, 0.15) is 10.7 Å². The molecule has 2 aromatic carbocycles. The summed E-state index contributed by atoms with van der Waals surface area (Å²) >= 11 is 17.8. The lowest BCUT2D eigenvalue weighted by Crippen LogP contribution is -2.32. The van der Waals surface area contributed by atoms with Crippen molar-refractivity contribution in [2.24, 2.45) is 0 Å². The summed E-state index contributed by atoms with van der Waals surface area (Å²) in [6.45, 7) is 0. The Balaban J connectivity index is 2.23. The van der Waals surface area contributed by atoms with E-state index in [-0.39, 0.29) is 5.82 Å². The molecule has 2 aromatic rings. The Morgan fingerprint density at radius 1 is 1.05 bits per heavy atom. The third-order valence-electron chi connectivity index (χ3n) is 2.89. The molecule has 0 aromatic heterocycles. The number of nitrogens with one attached hydrogen (secondary N) is 1. The van der Waals surface area contributed by atoms with Crippen LogP contribution in [0.2, 0.25) is 5.02 Å². The van der Waals surface area contributed by atoms with Crippen LogP contribution < -0.4 is 5.32 Å². The zero-order chi connectivity index (χ0) is 15.4. The first-order chi connectivity index (χ1) is 9.99. The van der Waals surface area contributed by atoms with Gasteiger partial charge in [0, 0.05) is 0 Å². The summed E-state index contributed by atoms with van der Waals surface area (Å²) in [5, 5.41) is 3.03. The Bertz CT molecular complexity index is 631. The predicted molar refractivity (Wildman–Crippen MR) is 83.6 cm³/mol. The summed E-state index contributed by atoms with van der Waals surface area (Å²) in [7, 11) is 0. The zero-order valence-corrected chi connectivity index (χ0v) is 13.0. The Labute approximate surface area is 136 Å². The van der Waals surface area contributed by atoms with Crippen LogP contribution in [0.25, 0.3) is 0 Å². The molecule has 0 aliphatic rings. The van der Waals surface area contributed by atoms with Crippen molar-refractivity contribution >= 4 is 40.7 Å². The van der Waals surface area contributed by atoms with Crippen LogP contribution in [0.3, 0.4) is 0 Å². The third-order valence-corrected chi connectivity index (χ3v) is 3.72. The smallest absolute Gasteiger partial charge is 0.253 e. The molecular formula is C15H11Cl3FNO. The van der Waals surface area contributed by atoms with E-state index in [1.807, 2.05) is 0 Å². The minimum Gasteiger partial charge on any atom is -0.342 e. The molecule has 6 heteroatoms. The monoisotopic (exact) mass is 345 g/mol. The molecule has 21 heavy (non-hydrogen) atoms. The van der Waals surface area contributed by atoms with Gasteiger partial charge in [-0.3, -0.25) is 4.79 Å². The fourth-order valence-electron chi connectivity index (χ4n) is 1.83. The van der Waals surface area contributed by atoms with Crippen molar-refractivity contribution in [3.8, 4) is 0 Å². The summed E-state index contributed by atoms with van der Waals surface area (Å²) in [5.41, 5.74) is 0.923. The van der Waals surface area contributed by atoms with E-state index >= 15 is 0 Å².